The number of ether oxygens (including phenoxy) is 11. The van der Waals surface area contributed by atoms with Crippen LogP contribution < -0.4 is 5.32 Å². The summed E-state index contributed by atoms with van der Waals surface area (Å²) >= 11 is 0. The van der Waals surface area contributed by atoms with Gasteiger partial charge in [-0.3, -0.25) is 38.4 Å². The molecule has 1 amide bonds. The molecule has 2 saturated heterocycles. The largest absolute Gasteiger partial charge is 0.463 e. The topological polar surface area (TPSA) is 267 Å². The van der Waals surface area contributed by atoms with E-state index in [4.69, 9.17) is 52.1 Å². The second-order valence-electron chi connectivity index (χ2n) is 16.2. The fourth-order valence-corrected chi connectivity index (χ4v) is 7.30. The molecule has 0 spiro atoms. The van der Waals surface area contributed by atoms with Crippen LogP contribution in [-0.4, -0.2) is 135 Å². The lowest BCUT2D eigenvalue weighted by atomic mass is 9.95. The number of nitrogens with one attached hydrogen (secondary N) is 1. The molecule has 374 valence electrons. The van der Waals surface area contributed by atoms with Crippen molar-refractivity contribution in [3.63, 3.8) is 0 Å². The highest BCUT2D eigenvalue weighted by Gasteiger charge is 2.57. The lowest BCUT2D eigenvalue weighted by Gasteiger charge is -2.48. The van der Waals surface area contributed by atoms with E-state index in [1.54, 1.807) is 6.92 Å². The van der Waals surface area contributed by atoms with Gasteiger partial charge in [0, 0.05) is 60.5 Å². The number of amides is 1. The van der Waals surface area contributed by atoms with Gasteiger partial charge in [0.1, 0.15) is 31.5 Å². The molecule has 2 aliphatic rings. The lowest BCUT2D eigenvalue weighted by molar-refractivity contribution is -0.345. The van der Waals surface area contributed by atoms with Gasteiger partial charge in [-0.25, -0.2) is 4.79 Å². The van der Waals surface area contributed by atoms with Crippen LogP contribution in [0.5, 0.6) is 0 Å². The van der Waals surface area contributed by atoms with Crippen LogP contribution in [0.15, 0.2) is 12.2 Å². The summed E-state index contributed by atoms with van der Waals surface area (Å²) < 4.78 is 61.9. The highest BCUT2D eigenvalue weighted by Crippen LogP contribution is 2.35. The number of carbonyl (C=O) groups is 9. The van der Waals surface area contributed by atoms with E-state index in [1.807, 2.05) is 0 Å². The van der Waals surface area contributed by atoms with E-state index in [1.165, 1.54) is 0 Å². The molecule has 21 heteroatoms. The minimum atomic E-state index is -1.83. The van der Waals surface area contributed by atoms with E-state index in [9.17, 15) is 43.2 Å². The fraction of sp³-hybridized carbons (Fsp3) is 0.756. The SMILES string of the molecule is C=C(C)C(=O)OCCCCCCCCCCCCCCC(=O)N[C@@H]1O[C@H](COC(C)=O)[C@@H](O[C@@H]2O[C@H](COC(C)=O)[C@@H](OC(C)=O)[C@H](OC(C)=O)[C@H]2OC(C)=O)[C@H](OC(C)=O)[C@H]1OC(C)=O. The fourth-order valence-electron chi connectivity index (χ4n) is 7.30. The zero-order valence-corrected chi connectivity index (χ0v) is 39.5. The highest BCUT2D eigenvalue weighted by molar-refractivity contribution is 5.86. The third-order valence-electron chi connectivity index (χ3n) is 10.1. The molecule has 2 heterocycles. The Kier molecular flexibility index (Phi) is 26.1. The molecule has 2 aliphatic heterocycles. The molecule has 0 bridgehead atoms. The molecule has 0 unspecified atom stereocenters. The van der Waals surface area contributed by atoms with Gasteiger partial charge >= 0.3 is 47.8 Å². The summed E-state index contributed by atoms with van der Waals surface area (Å²) in [6, 6.07) is 0. The van der Waals surface area contributed by atoms with Crippen molar-refractivity contribution in [1.29, 1.82) is 0 Å². The number of hydrogen-bond donors (Lipinski definition) is 1. The molecular weight excluding hydrogens is 874 g/mol. The Morgan fingerprint density at radius 3 is 1.29 bits per heavy atom. The Hall–Kier alpha value is -5.15. The molecule has 10 atom stereocenters. The van der Waals surface area contributed by atoms with Gasteiger partial charge < -0.3 is 57.4 Å². The van der Waals surface area contributed by atoms with Gasteiger partial charge in [0.05, 0.1) is 6.61 Å². The molecule has 2 fully saturated rings. The summed E-state index contributed by atoms with van der Waals surface area (Å²) in [7, 11) is 0. The number of rotatable bonds is 28. The van der Waals surface area contributed by atoms with Crippen LogP contribution in [0.2, 0.25) is 0 Å². The molecular formula is C45H69NO20. The summed E-state index contributed by atoms with van der Waals surface area (Å²) in [4.78, 5) is 111. The molecule has 0 aromatic carbocycles. The Labute approximate surface area is 385 Å². The van der Waals surface area contributed by atoms with Crippen LogP contribution in [0.25, 0.3) is 0 Å². The second-order valence-corrected chi connectivity index (χ2v) is 16.2. The van der Waals surface area contributed by atoms with Crippen molar-refractivity contribution in [2.45, 2.75) is 200 Å². The van der Waals surface area contributed by atoms with Crippen LogP contribution in [0, 0.1) is 0 Å². The average molecular weight is 944 g/mol. The van der Waals surface area contributed by atoms with E-state index < -0.39 is 122 Å². The van der Waals surface area contributed by atoms with Gasteiger partial charge in [-0.2, -0.15) is 0 Å². The van der Waals surface area contributed by atoms with Gasteiger partial charge in [0.25, 0.3) is 0 Å². The van der Waals surface area contributed by atoms with Crippen LogP contribution in [0.1, 0.15) is 139 Å². The van der Waals surface area contributed by atoms with Crippen LogP contribution in [0.3, 0.4) is 0 Å². The molecule has 0 aromatic heterocycles. The average Bonchev–Trinajstić information content (AvgIpc) is 3.21. The molecule has 0 radical (unpaired) electrons. The molecule has 0 aliphatic carbocycles. The van der Waals surface area contributed by atoms with E-state index >= 15 is 0 Å². The molecule has 0 aromatic rings. The number of carbonyl (C=O) groups excluding carboxylic acids is 9. The number of hydrogen-bond acceptors (Lipinski definition) is 20. The van der Waals surface area contributed by atoms with Crippen LogP contribution in [-0.2, 0) is 95.3 Å². The molecule has 66 heavy (non-hydrogen) atoms. The number of unbranched alkanes of at least 4 members (excludes halogenated alkanes) is 11. The quantitative estimate of drug-likeness (QED) is 0.0504. The summed E-state index contributed by atoms with van der Waals surface area (Å²) in [5.74, 6) is -6.85. The molecule has 1 N–H and O–H groups in total. The summed E-state index contributed by atoms with van der Waals surface area (Å²) in [6.07, 6.45) is -4.22. The predicted octanol–water partition coefficient (Wildman–Crippen LogP) is 3.91. The molecule has 21 nitrogen and oxygen atoms in total. The maximum absolute atomic E-state index is 13.4. The Balaban J connectivity index is 2.22. The van der Waals surface area contributed by atoms with Gasteiger partial charge in [-0.1, -0.05) is 70.8 Å². The zero-order valence-electron chi connectivity index (χ0n) is 39.5. The third-order valence-corrected chi connectivity index (χ3v) is 10.1. The van der Waals surface area contributed by atoms with Gasteiger partial charge in [0.2, 0.25) is 5.91 Å². The smallest absolute Gasteiger partial charge is 0.333 e. The molecule has 0 saturated carbocycles. The standard InChI is InChI=1S/C45H69NO20/c1-26(2)44(55)56-23-21-19-17-15-13-11-10-12-14-16-18-20-22-36(54)46-43-41(62-32(8)52)39(60-30(6)50)38(34(64-43)24-57-27(3)47)66-45-42(63-33(9)53)40(61-31(7)51)37(59-29(5)49)35(65-45)25-58-28(4)48/h34-35,37-43,45H,1,10-25H2,2-9H3,(H,46,54)/t34-,35-,37-,38-,39+,40+,41-,42-,43-,45+/m1/s1. The van der Waals surface area contributed by atoms with Crippen molar-refractivity contribution in [1.82, 2.24) is 5.32 Å². The lowest BCUT2D eigenvalue weighted by Crippen LogP contribution is -2.68. The minimum absolute atomic E-state index is 0.0660. The second kappa shape index (κ2) is 30.2. The highest BCUT2D eigenvalue weighted by atomic mass is 16.8. The van der Waals surface area contributed by atoms with Crippen molar-refractivity contribution in [3.8, 4) is 0 Å². The van der Waals surface area contributed by atoms with Crippen molar-refractivity contribution >= 4 is 53.7 Å². The van der Waals surface area contributed by atoms with Gasteiger partial charge in [-0.05, 0) is 19.8 Å². The molecule has 2 rings (SSSR count). The van der Waals surface area contributed by atoms with Gasteiger partial charge in [-0.15, -0.1) is 0 Å². The Morgan fingerprint density at radius 2 is 0.833 bits per heavy atom. The van der Waals surface area contributed by atoms with Crippen molar-refractivity contribution < 1.29 is 95.3 Å². The van der Waals surface area contributed by atoms with E-state index in [0.717, 1.165) is 119 Å². The van der Waals surface area contributed by atoms with Gasteiger partial charge in [0.15, 0.2) is 43.0 Å². The Bertz CT molecular complexity index is 1650. The summed E-state index contributed by atoms with van der Waals surface area (Å²) in [6.45, 7) is 11.9. The normalized spacial score (nSPS) is 24.7. The van der Waals surface area contributed by atoms with Crippen LogP contribution >= 0.6 is 0 Å². The minimum Gasteiger partial charge on any atom is -0.463 e. The Morgan fingerprint density at radius 1 is 0.439 bits per heavy atom. The van der Waals surface area contributed by atoms with E-state index in [-0.39, 0.29) is 12.4 Å². The first-order valence-electron chi connectivity index (χ1n) is 22.4. The van der Waals surface area contributed by atoms with Crippen molar-refractivity contribution in [2.24, 2.45) is 0 Å². The third kappa shape index (κ3) is 21.9. The van der Waals surface area contributed by atoms with E-state index in [0.29, 0.717) is 18.6 Å². The van der Waals surface area contributed by atoms with Crippen molar-refractivity contribution in [2.75, 3.05) is 19.8 Å². The maximum atomic E-state index is 13.4. The first-order valence-corrected chi connectivity index (χ1v) is 22.4. The predicted molar refractivity (Wildman–Crippen MR) is 227 cm³/mol. The number of esters is 8. The summed E-state index contributed by atoms with van der Waals surface area (Å²) in [5, 5.41) is 2.69. The first kappa shape index (κ1) is 57.0. The zero-order chi connectivity index (χ0) is 49.3. The maximum Gasteiger partial charge on any atom is 0.333 e. The van der Waals surface area contributed by atoms with E-state index in [2.05, 4.69) is 11.9 Å². The summed E-state index contributed by atoms with van der Waals surface area (Å²) in [5.41, 5.74) is 0.399. The first-order chi connectivity index (χ1) is 31.2. The van der Waals surface area contributed by atoms with Crippen molar-refractivity contribution in [3.05, 3.63) is 12.2 Å². The monoisotopic (exact) mass is 943 g/mol. The van der Waals surface area contributed by atoms with Crippen LogP contribution in [0.4, 0.5) is 0 Å².